The van der Waals surface area contributed by atoms with Crippen LogP contribution < -0.4 is 0 Å². The first-order valence-corrected chi connectivity index (χ1v) is 6.08. The van der Waals surface area contributed by atoms with Crippen LogP contribution in [0.2, 0.25) is 0 Å². The summed E-state index contributed by atoms with van der Waals surface area (Å²) in [7, 11) is 0. The Morgan fingerprint density at radius 2 is 2.06 bits per heavy atom. The summed E-state index contributed by atoms with van der Waals surface area (Å²) in [6.45, 7) is 2.84. The quantitative estimate of drug-likeness (QED) is 0.744. The zero-order valence-corrected chi connectivity index (χ0v) is 10.2. The number of hydrogen-bond donors (Lipinski definition) is 0. The summed E-state index contributed by atoms with van der Waals surface area (Å²) in [5.74, 6) is 1.63. The molecule has 0 N–H and O–H groups in total. The average Bonchev–Trinajstić information content (AvgIpc) is 2.69. The van der Waals surface area contributed by atoms with Gasteiger partial charge in [-0.1, -0.05) is 30.3 Å². The second-order valence-electron chi connectivity index (χ2n) is 3.91. The maximum absolute atomic E-state index is 5.71. The van der Waals surface area contributed by atoms with Gasteiger partial charge in [-0.15, -0.1) is 16.7 Å². The van der Waals surface area contributed by atoms with Gasteiger partial charge in [0.1, 0.15) is 5.76 Å². The third-order valence-corrected chi connectivity index (χ3v) is 2.88. The predicted octanol–water partition coefficient (Wildman–Crippen LogP) is 3.51. The van der Waals surface area contributed by atoms with Crippen molar-refractivity contribution in [3.05, 3.63) is 47.7 Å². The lowest BCUT2D eigenvalue weighted by molar-refractivity contribution is -0.117. The molecule has 3 heteroatoms. The van der Waals surface area contributed by atoms with Crippen LogP contribution in [0.1, 0.15) is 24.9 Å². The highest BCUT2D eigenvalue weighted by Gasteiger charge is 2.25. The molecule has 0 spiro atoms. The molecule has 1 aromatic rings. The van der Waals surface area contributed by atoms with Crippen molar-refractivity contribution in [2.45, 2.75) is 19.4 Å². The van der Waals surface area contributed by atoms with Gasteiger partial charge >= 0.3 is 0 Å². The Hall–Kier alpha value is -0.990. The summed E-state index contributed by atoms with van der Waals surface area (Å²) >= 11 is 5.71. The number of benzene rings is 1. The van der Waals surface area contributed by atoms with E-state index in [1.54, 1.807) is 0 Å². The Labute approximate surface area is 101 Å². The number of hydrogen-bond acceptors (Lipinski definition) is 2. The van der Waals surface area contributed by atoms with Gasteiger partial charge in [0.2, 0.25) is 0 Å². The molecule has 0 saturated heterocycles. The Bertz CT molecular complexity index is 363. The molecule has 0 amide bonds. The van der Waals surface area contributed by atoms with Crippen molar-refractivity contribution < 1.29 is 4.84 Å². The molecule has 0 saturated carbocycles. The molecule has 1 aromatic carbocycles. The molecular formula is C13H16ClNO. The van der Waals surface area contributed by atoms with Crippen LogP contribution in [0, 0.1) is 0 Å². The van der Waals surface area contributed by atoms with Gasteiger partial charge in [-0.3, -0.25) is 0 Å². The zero-order valence-electron chi connectivity index (χ0n) is 9.40. The van der Waals surface area contributed by atoms with Crippen LogP contribution in [0.25, 0.3) is 0 Å². The maximum Gasteiger partial charge on any atom is 0.119 e. The highest BCUT2D eigenvalue weighted by Crippen LogP contribution is 2.30. The van der Waals surface area contributed by atoms with E-state index in [-0.39, 0.29) is 6.04 Å². The molecule has 0 bridgehead atoms. The van der Waals surface area contributed by atoms with Crippen LogP contribution in [0.4, 0.5) is 0 Å². The molecule has 86 valence electrons. The van der Waals surface area contributed by atoms with Gasteiger partial charge in [-0.2, -0.15) is 0 Å². The third-order valence-electron chi connectivity index (χ3n) is 2.62. The number of rotatable bonds is 4. The number of allylic oxidation sites excluding steroid dienone is 1. The maximum atomic E-state index is 5.71. The SMILES string of the molecule is CC1=CC(c2ccccc2)N(CCCCl)O1. The van der Waals surface area contributed by atoms with Gasteiger partial charge in [0.15, 0.2) is 0 Å². The Morgan fingerprint density at radius 3 is 2.75 bits per heavy atom. The van der Waals surface area contributed by atoms with E-state index in [1.807, 2.05) is 18.1 Å². The number of alkyl halides is 1. The molecule has 0 fully saturated rings. The van der Waals surface area contributed by atoms with E-state index in [2.05, 4.69) is 30.3 Å². The Kier molecular flexibility index (Phi) is 3.86. The molecule has 0 aromatic heterocycles. The lowest BCUT2D eigenvalue weighted by Crippen LogP contribution is -2.24. The number of halogens is 1. The van der Waals surface area contributed by atoms with Crippen LogP contribution in [0.5, 0.6) is 0 Å². The van der Waals surface area contributed by atoms with E-state index in [9.17, 15) is 0 Å². The average molecular weight is 238 g/mol. The molecule has 1 aliphatic heterocycles. The van der Waals surface area contributed by atoms with Crippen LogP contribution in [-0.4, -0.2) is 17.5 Å². The predicted molar refractivity (Wildman–Crippen MR) is 66.1 cm³/mol. The van der Waals surface area contributed by atoms with Gasteiger partial charge in [0.25, 0.3) is 0 Å². The molecule has 1 heterocycles. The van der Waals surface area contributed by atoms with E-state index >= 15 is 0 Å². The second-order valence-corrected chi connectivity index (χ2v) is 4.29. The van der Waals surface area contributed by atoms with E-state index in [4.69, 9.17) is 16.4 Å². The van der Waals surface area contributed by atoms with E-state index in [0.29, 0.717) is 5.88 Å². The Morgan fingerprint density at radius 1 is 1.31 bits per heavy atom. The molecule has 2 nitrogen and oxygen atoms in total. The van der Waals surface area contributed by atoms with Crippen molar-refractivity contribution in [1.82, 2.24) is 5.06 Å². The first-order chi connectivity index (χ1) is 7.81. The topological polar surface area (TPSA) is 12.5 Å². The minimum atomic E-state index is 0.226. The highest BCUT2D eigenvalue weighted by atomic mass is 35.5. The monoisotopic (exact) mass is 237 g/mol. The fraction of sp³-hybridized carbons (Fsp3) is 0.385. The molecular weight excluding hydrogens is 222 g/mol. The third kappa shape index (κ3) is 2.57. The second kappa shape index (κ2) is 5.37. The van der Waals surface area contributed by atoms with Gasteiger partial charge < -0.3 is 4.84 Å². The van der Waals surface area contributed by atoms with E-state index in [1.165, 1.54) is 5.56 Å². The van der Waals surface area contributed by atoms with Gasteiger partial charge in [-0.25, -0.2) is 0 Å². The minimum Gasteiger partial charge on any atom is -0.410 e. The molecule has 1 atom stereocenters. The largest absolute Gasteiger partial charge is 0.410 e. The van der Waals surface area contributed by atoms with Gasteiger partial charge in [0, 0.05) is 12.4 Å². The minimum absolute atomic E-state index is 0.226. The van der Waals surface area contributed by atoms with E-state index in [0.717, 1.165) is 18.7 Å². The molecule has 16 heavy (non-hydrogen) atoms. The van der Waals surface area contributed by atoms with Crippen molar-refractivity contribution in [1.29, 1.82) is 0 Å². The lowest BCUT2D eigenvalue weighted by Gasteiger charge is -2.22. The summed E-state index contributed by atoms with van der Waals surface area (Å²) in [5.41, 5.74) is 1.26. The van der Waals surface area contributed by atoms with Crippen molar-refractivity contribution in [2.24, 2.45) is 0 Å². The standard InChI is InChI=1S/C13H16ClNO/c1-11-10-13(12-6-3-2-4-7-12)15(16-11)9-5-8-14/h2-4,6-7,10,13H,5,8-9H2,1H3. The lowest BCUT2D eigenvalue weighted by atomic mass is 10.1. The van der Waals surface area contributed by atoms with Crippen LogP contribution in [0.15, 0.2) is 42.2 Å². The highest BCUT2D eigenvalue weighted by molar-refractivity contribution is 6.17. The van der Waals surface area contributed by atoms with Crippen LogP contribution in [0.3, 0.4) is 0 Å². The van der Waals surface area contributed by atoms with Crippen molar-refractivity contribution in [2.75, 3.05) is 12.4 Å². The van der Waals surface area contributed by atoms with Crippen molar-refractivity contribution in [3.8, 4) is 0 Å². The smallest absolute Gasteiger partial charge is 0.119 e. The normalized spacial score (nSPS) is 20.6. The number of hydroxylamine groups is 2. The molecule has 1 unspecified atom stereocenters. The summed E-state index contributed by atoms with van der Waals surface area (Å²) in [6, 6.07) is 10.6. The van der Waals surface area contributed by atoms with E-state index < -0.39 is 0 Å². The summed E-state index contributed by atoms with van der Waals surface area (Å²) in [4.78, 5) is 5.67. The van der Waals surface area contributed by atoms with Crippen molar-refractivity contribution in [3.63, 3.8) is 0 Å². The van der Waals surface area contributed by atoms with Gasteiger partial charge in [-0.05, 0) is 25.0 Å². The Balaban J connectivity index is 2.11. The molecule has 0 aliphatic carbocycles. The number of nitrogens with zero attached hydrogens (tertiary/aromatic N) is 1. The van der Waals surface area contributed by atoms with Crippen LogP contribution in [-0.2, 0) is 4.84 Å². The molecule has 1 aliphatic rings. The van der Waals surface area contributed by atoms with Gasteiger partial charge in [0.05, 0.1) is 6.04 Å². The van der Waals surface area contributed by atoms with Crippen LogP contribution >= 0.6 is 11.6 Å². The first-order valence-electron chi connectivity index (χ1n) is 5.55. The first kappa shape index (κ1) is 11.5. The summed E-state index contributed by atoms with van der Waals surface area (Å²) in [6.07, 6.45) is 3.08. The fourth-order valence-electron chi connectivity index (χ4n) is 1.89. The molecule has 0 radical (unpaired) electrons. The molecule has 2 rings (SSSR count). The summed E-state index contributed by atoms with van der Waals surface area (Å²) in [5, 5.41) is 1.99. The fourth-order valence-corrected chi connectivity index (χ4v) is 2.01. The van der Waals surface area contributed by atoms with Crippen molar-refractivity contribution >= 4 is 11.6 Å². The summed E-state index contributed by atoms with van der Waals surface area (Å²) < 4.78 is 0. The zero-order chi connectivity index (χ0) is 11.4.